The second-order valence-corrected chi connectivity index (χ2v) is 6.29. The smallest absolute Gasteiger partial charge is 0.229 e. The summed E-state index contributed by atoms with van der Waals surface area (Å²) in [6.45, 7) is 3.44. The van der Waals surface area contributed by atoms with Crippen LogP contribution in [-0.4, -0.2) is 40.2 Å². The van der Waals surface area contributed by atoms with E-state index in [9.17, 15) is 4.79 Å². The summed E-state index contributed by atoms with van der Waals surface area (Å²) in [5.41, 5.74) is 0. The maximum Gasteiger partial charge on any atom is 0.229 e. The number of carbonyl (C=O) groups excluding carboxylic acids is 1. The number of likely N-dealkylation sites (tertiary alicyclic amines) is 1. The van der Waals surface area contributed by atoms with E-state index in [-0.39, 0.29) is 24.0 Å². The van der Waals surface area contributed by atoms with E-state index in [1.807, 2.05) is 11.8 Å². The highest BCUT2D eigenvalue weighted by Crippen LogP contribution is 2.42. The first-order valence-electron chi connectivity index (χ1n) is 8.03. The average molecular weight is 291 g/mol. The summed E-state index contributed by atoms with van der Waals surface area (Å²) >= 11 is 0. The van der Waals surface area contributed by atoms with E-state index in [1.165, 1.54) is 0 Å². The fourth-order valence-electron chi connectivity index (χ4n) is 3.22. The van der Waals surface area contributed by atoms with Gasteiger partial charge in [0.2, 0.25) is 11.8 Å². The second kappa shape index (κ2) is 5.09. The Hall–Kier alpha value is -1.43. The SMILES string of the molecule is CCOC1CC1C(=O)N1CCCC1c1noc(C2CC2)n1. The van der Waals surface area contributed by atoms with Crippen molar-refractivity contribution >= 4 is 5.91 Å². The molecular weight excluding hydrogens is 270 g/mol. The quantitative estimate of drug-likeness (QED) is 0.830. The Kier molecular flexibility index (Phi) is 3.21. The van der Waals surface area contributed by atoms with Crippen LogP contribution in [0.15, 0.2) is 4.52 Å². The molecule has 1 aromatic rings. The summed E-state index contributed by atoms with van der Waals surface area (Å²) in [5, 5.41) is 4.12. The van der Waals surface area contributed by atoms with Crippen molar-refractivity contribution < 1.29 is 14.1 Å². The Morgan fingerprint density at radius 2 is 2.29 bits per heavy atom. The van der Waals surface area contributed by atoms with Gasteiger partial charge < -0.3 is 14.2 Å². The van der Waals surface area contributed by atoms with E-state index >= 15 is 0 Å². The van der Waals surface area contributed by atoms with Gasteiger partial charge in [-0.1, -0.05) is 5.16 Å². The summed E-state index contributed by atoms with van der Waals surface area (Å²) in [6, 6.07) is -0.00312. The van der Waals surface area contributed by atoms with Gasteiger partial charge in [-0.15, -0.1) is 0 Å². The molecule has 0 bridgehead atoms. The minimum absolute atomic E-state index is 0.00312. The molecule has 2 saturated carbocycles. The van der Waals surface area contributed by atoms with Gasteiger partial charge in [0.1, 0.15) is 0 Å². The number of ether oxygens (including phenoxy) is 1. The van der Waals surface area contributed by atoms with Gasteiger partial charge in [0.25, 0.3) is 0 Å². The Labute approximate surface area is 123 Å². The zero-order valence-electron chi connectivity index (χ0n) is 12.3. The Bertz CT molecular complexity index is 540. The van der Waals surface area contributed by atoms with E-state index in [2.05, 4.69) is 10.1 Å². The predicted octanol–water partition coefficient (Wildman–Crippen LogP) is 2.04. The van der Waals surface area contributed by atoms with Gasteiger partial charge in [-0.25, -0.2) is 0 Å². The molecule has 1 aliphatic heterocycles. The number of aromatic nitrogens is 2. The van der Waals surface area contributed by atoms with Crippen molar-refractivity contribution in [3.05, 3.63) is 11.7 Å². The Balaban J connectivity index is 1.45. The number of hydrogen-bond donors (Lipinski definition) is 0. The van der Waals surface area contributed by atoms with Gasteiger partial charge in [-0.3, -0.25) is 4.79 Å². The maximum absolute atomic E-state index is 12.6. The van der Waals surface area contributed by atoms with Crippen molar-refractivity contribution in [1.29, 1.82) is 0 Å². The number of nitrogens with zero attached hydrogens (tertiary/aromatic N) is 3. The first-order chi connectivity index (χ1) is 10.3. The molecule has 2 aliphatic carbocycles. The predicted molar refractivity (Wildman–Crippen MR) is 73.5 cm³/mol. The summed E-state index contributed by atoms with van der Waals surface area (Å²) in [7, 11) is 0. The minimum Gasteiger partial charge on any atom is -0.378 e. The second-order valence-electron chi connectivity index (χ2n) is 6.29. The molecule has 1 amide bonds. The van der Waals surface area contributed by atoms with Crippen LogP contribution in [0.1, 0.15) is 62.7 Å². The Morgan fingerprint density at radius 3 is 3.05 bits per heavy atom. The molecule has 6 nitrogen and oxygen atoms in total. The van der Waals surface area contributed by atoms with E-state index in [1.54, 1.807) is 0 Å². The van der Waals surface area contributed by atoms with Crippen molar-refractivity contribution in [1.82, 2.24) is 15.0 Å². The van der Waals surface area contributed by atoms with E-state index in [4.69, 9.17) is 9.26 Å². The third kappa shape index (κ3) is 2.46. The normalized spacial score (nSPS) is 31.7. The van der Waals surface area contributed by atoms with E-state index in [0.29, 0.717) is 18.3 Å². The highest BCUT2D eigenvalue weighted by atomic mass is 16.5. The molecule has 21 heavy (non-hydrogen) atoms. The molecule has 3 unspecified atom stereocenters. The molecule has 6 heteroatoms. The summed E-state index contributed by atoms with van der Waals surface area (Å²) in [6.07, 6.45) is 5.21. The highest BCUT2D eigenvalue weighted by molar-refractivity contribution is 5.82. The first kappa shape index (κ1) is 13.2. The molecule has 0 N–H and O–H groups in total. The van der Waals surface area contributed by atoms with Crippen LogP contribution in [0.25, 0.3) is 0 Å². The largest absolute Gasteiger partial charge is 0.378 e. The number of carbonyl (C=O) groups is 1. The number of amides is 1. The zero-order valence-corrected chi connectivity index (χ0v) is 12.3. The molecule has 2 heterocycles. The van der Waals surface area contributed by atoms with Crippen molar-refractivity contribution in [2.75, 3.05) is 13.2 Å². The van der Waals surface area contributed by atoms with Gasteiger partial charge in [0, 0.05) is 19.1 Å². The summed E-state index contributed by atoms with van der Waals surface area (Å²) in [4.78, 5) is 19.0. The first-order valence-corrected chi connectivity index (χ1v) is 8.03. The molecule has 3 atom stereocenters. The zero-order chi connectivity index (χ0) is 14.4. The van der Waals surface area contributed by atoms with E-state index < -0.39 is 0 Å². The van der Waals surface area contributed by atoms with Gasteiger partial charge in [-0.05, 0) is 39.0 Å². The van der Waals surface area contributed by atoms with Gasteiger partial charge in [0.15, 0.2) is 5.82 Å². The van der Waals surface area contributed by atoms with Crippen LogP contribution in [0, 0.1) is 5.92 Å². The van der Waals surface area contributed by atoms with Crippen molar-refractivity contribution in [3.8, 4) is 0 Å². The maximum atomic E-state index is 12.6. The fourth-order valence-corrected chi connectivity index (χ4v) is 3.22. The molecule has 0 radical (unpaired) electrons. The molecule has 0 aromatic carbocycles. The van der Waals surface area contributed by atoms with Crippen LogP contribution >= 0.6 is 0 Å². The highest BCUT2D eigenvalue weighted by Gasteiger charge is 2.48. The lowest BCUT2D eigenvalue weighted by Crippen LogP contribution is -2.33. The number of hydrogen-bond acceptors (Lipinski definition) is 5. The van der Waals surface area contributed by atoms with Gasteiger partial charge in [-0.2, -0.15) is 4.98 Å². The van der Waals surface area contributed by atoms with Crippen LogP contribution in [0.3, 0.4) is 0 Å². The van der Waals surface area contributed by atoms with Gasteiger partial charge in [0.05, 0.1) is 18.1 Å². The van der Waals surface area contributed by atoms with E-state index in [0.717, 1.165) is 44.5 Å². The summed E-state index contributed by atoms with van der Waals surface area (Å²) < 4.78 is 10.9. The standard InChI is InChI=1S/C15H21N3O3/c1-2-20-12-8-10(12)15(19)18-7-3-4-11(18)13-16-14(21-17-13)9-5-6-9/h9-12H,2-8H2,1H3. The molecule has 1 aromatic heterocycles. The molecule has 1 saturated heterocycles. The fraction of sp³-hybridized carbons (Fsp3) is 0.800. The molecule has 3 fully saturated rings. The number of rotatable bonds is 5. The van der Waals surface area contributed by atoms with Crippen LogP contribution in [0.4, 0.5) is 0 Å². The summed E-state index contributed by atoms with van der Waals surface area (Å²) in [5.74, 6) is 2.15. The van der Waals surface area contributed by atoms with Crippen LogP contribution in [-0.2, 0) is 9.53 Å². The van der Waals surface area contributed by atoms with Crippen molar-refractivity contribution in [3.63, 3.8) is 0 Å². The van der Waals surface area contributed by atoms with Crippen molar-refractivity contribution in [2.24, 2.45) is 5.92 Å². The van der Waals surface area contributed by atoms with Crippen LogP contribution < -0.4 is 0 Å². The van der Waals surface area contributed by atoms with Gasteiger partial charge >= 0.3 is 0 Å². The molecular formula is C15H21N3O3. The lowest BCUT2D eigenvalue weighted by molar-refractivity contribution is -0.134. The molecule has 0 spiro atoms. The lowest BCUT2D eigenvalue weighted by atomic mass is 10.2. The third-order valence-electron chi connectivity index (χ3n) is 4.65. The van der Waals surface area contributed by atoms with Crippen LogP contribution in [0.5, 0.6) is 0 Å². The monoisotopic (exact) mass is 291 g/mol. The van der Waals surface area contributed by atoms with Crippen LogP contribution in [0.2, 0.25) is 0 Å². The average Bonchev–Trinajstić information content (AvgIpc) is 3.36. The third-order valence-corrected chi connectivity index (χ3v) is 4.65. The lowest BCUT2D eigenvalue weighted by Gasteiger charge is -2.22. The van der Waals surface area contributed by atoms with Crippen molar-refractivity contribution in [2.45, 2.75) is 57.1 Å². The molecule has 4 rings (SSSR count). The minimum atomic E-state index is -0.00312. The topological polar surface area (TPSA) is 68.5 Å². The molecule has 3 aliphatic rings. The Morgan fingerprint density at radius 1 is 1.43 bits per heavy atom. The molecule has 114 valence electrons.